The minimum absolute atomic E-state index is 0.181. The van der Waals surface area contributed by atoms with Gasteiger partial charge in [0.05, 0.1) is 12.6 Å². The van der Waals surface area contributed by atoms with Crippen molar-refractivity contribution >= 4 is 12.0 Å². The smallest absolute Gasteiger partial charge is 0.411 e. The summed E-state index contributed by atoms with van der Waals surface area (Å²) in [5, 5.41) is 17.5. The van der Waals surface area contributed by atoms with Crippen molar-refractivity contribution in [2.24, 2.45) is 0 Å². The fourth-order valence-corrected chi connectivity index (χ4v) is 3.58. The molecule has 1 unspecified atom stereocenters. The van der Waals surface area contributed by atoms with Crippen LogP contribution in [0.2, 0.25) is 0 Å². The fourth-order valence-electron chi connectivity index (χ4n) is 3.58. The molecule has 2 amide bonds. The molecule has 1 spiro atoms. The maximum atomic E-state index is 13.0. The summed E-state index contributed by atoms with van der Waals surface area (Å²) in [4.78, 5) is 28.5. The molecule has 25 heavy (non-hydrogen) atoms. The van der Waals surface area contributed by atoms with E-state index in [1.165, 1.54) is 9.80 Å². The maximum Gasteiger partial charge on any atom is 0.411 e. The molecule has 2 aliphatic heterocycles. The van der Waals surface area contributed by atoms with E-state index in [9.17, 15) is 14.7 Å². The summed E-state index contributed by atoms with van der Waals surface area (Å²) in [6.07, 6.45) is 1.12. The summed E-state index contributed by atoms with van der Waals surface area (Å²) in [6, 6.07) is -0.721. The van der Waals surface area contributed by atoms with Gasteiger partial charge in [-0.1, -0.05) is 0 Å². The van der Waals surface area contributed by atoms with Crippen LogP contribution in [0, 0.1) is 0 Å². The summed E-state index contributed by atoms with van der Waals surface area (Å²) in [7, 11) is 0. The van der Waals surface area contributed by atoms with E-state index in [-0.39, 0.29) is 11.8 Å². The molecular formula is C16H24N4O5. The Balaban J connectivity index is 1.79. The minimum atomic E-state index is -0.893. The third kappa shape index (κ3) is 2.97. The first-order valence-electron chi connectivity index (χ1n) is 8.41. The number of aliphatic hydroxyl groups is 1. The molecule has 1 N–H and O–H groups in total. The summed E-state index contributed by atoms with van der Waals surface area (Å²) >= 11 is 0. The number of β-lactam (4-membered cyclic amide) rings is 1. The average molecular weight is 352 g/mol. The first-order valence-corrected chi connectivity index (χ1v) is 8.41. The molecule has 9 nitrogen and oxygen atoms in total. The minimum Gasteiger partial charge on any atom is -0.444 e. The second kappa shape index (κ2) is 5.98. The normalized spacial score (nSPS) is 25.9. The topological polar surface area (TPSA) is 109 Å². The molecule has 0 aliphatic carbocycles. The molecule has 3 heterocycles. The Morgan fingerprint density at radius 1 is 1.48 bits per heavy atom. The van der Waals surface area contributed by atoms with Crippen molar-refractivity contribution in [1.82, 2.24) is 20.0 Å². The van der Waals surface area contributed by atoms with E-state index in [1.807, 2.05) is 0 Å². The van der Waals surface area contributed by atoms with Gasteiger partial charge in [0.15, 0.2) is 0 Å². The zero-order valence-electron chi connectivity index (χ0n) is 14.9. The average Bonchev–Trinajstić information content (AvgIpc) is 3.14. The van der Waals surface area contributed by atoms with Gasteiger partial charge >= 0.3 is 6.09 Å². The molecule has 2 saturated heterocycles. The van der Waals surface area contributed by atoms with Crippen LogP contribution in [-0.2, 0) is 9.53 Å². The number of carbonyl (C=O) groups excluding carboxylic acids is 2. The Morgan fingerprint density at radius 2 is 2.20 bits per heavy atom. The van der Waals surface area contributed by atoms with E-state index in [0.717, 1.165) is 12.8 Å². The van der Waals surface area contributed by atoms with Crippen LogP contribution in [0.1, 0.15) is 52.5 Å². The number of aromatic nitrogens is 2. The lowest BCUT2D eigenvalue weighted by Gasteiger charge is -2.53. The number of ether oxygens (including phenoxy) is 1. The van der Waals surface area contributed by atoms with Crippen LogP contribution in [0.25, 0.3) is 0 Å². The molecule has 3 rings (SSSR count). The number of nitrogens with zero attached hydrogens (tertiary/aromatic N) is 4. The first-order chi connectivity index (χ1) is 11.7. The molecule has 1 aromatic rings. The summed E-state index contributed by atoms with van der Waals surface area (Å²) in [5.41, 5.74) is -1.52. The molecule has 2 fully saturated rings. The molecule has 0 bridgehead atoms. The Bertz CT molecular complexity index is 654. The molecule has 0 radical (unpaired) electrons. The fraction of sp³-hybridized carbons (Fsp3) is 0.750. The number of hydrogen-bond acceptors (Lipinski definition) is 7. The second-order valence-electron chi connectivity index (χ2n) is 7.66. The summed E-state index contributed by atoms with van der Waals surface area (Å²) in [5.74, 6) is -0.0417. The largest absolute Gasteiger partial charge is 0.444 e. The van der Waals surface area contributed by atoms with Gasteiger partial charge in [0.25, 0.3) is 5.91 Å². The van der Waals surface area contributed by atoms with Crippen molar-refractivity contribution in [2.75, 3.05) is 13.1 Å². The quantitative estimate of drug-likeness (QED) is 0.811. The highest BCUT2D eigenvalue weighted by molar-refractivity contribution is 5.96. The zero-order chi connectivity index (χ0) is 18.4. The first kappa shape index (κ1) is 17.7. The highest BCUT2D eigenvalue weighted by atomic mass is 16.6. The Kier molecular flexibility index (Phi) is 4.22. The van der Waals surface area contributed by atoms with E-state index in [4.69, 9.17) is 9.15 Å². The number of aliphatic hydroxyl groups excluding tert-OH is 1. The predicted molar refractivity (Wildman–Crippen MR) is 85.3 cm³/mol. The third-order valence-corrected chi connectivity index (χ3v) is 4.62. The predicted octanol–water partition coefficient (Wildman–Crippen LogP) is 1.10. The van der Waals surface area contributed by atoms with E-state index in [1.54, 1.807) is 27.7 Å². The van der Waals surface area contributed by atoms with Crippen molar-refractivity contribution in [2.45, 2.75) is 63.8 Å². The maximum absolute atomic E-state index is 13.0. The second-order valence-corrected chi connectivity index (χ2v) is 7.66. The van der Waals surface area contributed by atoms with Gasteiger partial charge in [-0.15, -0.1) is 10.2 Å². The molecule has 2 aliphatic rings. The lowest BCUT2D eigenvalue weighted by Crippen LogP contribution is -2.74. The summed E-state index contributed by atoms with van der Waals surface area (Å²) < 4.78 is 10.6. The van der Waals surface area contributed by atoms with Crippen LogP contribution < -0.4 is 0 Å². The Hall–Kier alpha value is -2.16. The van der Waals surface area contributed by atoms with E-state index >= 15 is 0 Å². The number of carbonyl (C=O) groups is 2. The molecule has 9 heteroatoms. The lowest BCUT2D eigenvalue weighted by molar-refractivity contribution is -0.170. The van der Waals surface area contributed by atoms with Crippen LogP contribution in [0.5, 0.6) is 0 Å². The van der Waals surface area contributed by atoms with Crippen LogP contribution >= 0.6 is 0 Å². The summed E-state index contributed by atoms with van der Waals surface area (Å²) in [6.45, 7) is 7.73. The van der Waals surface area contributed by atoms with Gasteiger partial charge in [-0.05, 0) is 40.5 Å². The number of hydrogen-bond donors (Lipinski definition) is 1. The molecule has 3 atom stereocenters. The van der Waals surface area contributed by atoms with Crippen LogP contribution in [0.3, 0.4) is 0 Å². The van der Waals surface area contributed by atoms with E-state index < -0.39 is 29.4 Å². The van der Waals surface area contributed by atoms with Crippen molar-refractivity contribution in [3.8, 4) is 0 Å². The van der Waals surface area contributed by atoms with Crippen LogP contribution in [-0.4, -0.2) is 67.4 Å². The van der Waals surface area contributed by atoms with Gasteiger partial charge in [-0.3, -0.25) is 9.69 Å². The molecule has 0 saturated carbocycles. The third-order valence-electron chi connectivity index (χ3n) is 4.62. The Morgan fingerprint density at radius 3 is 2.72 bits per heavy atom. The van der Waals surface area contributed by atoms with Gasteiger partial charge in [0.2, 0.25) is 12.3 Å². The Labute approximate surface area is 145 Å². The number of amides is 2. The van der Waals surface area contributed by atoms with Crippen LogP contribution in [0.15, 0.2) is 10.8 Å². The van der Waals surface area contributed by atoms with E-state index in [0.29, 0.717) is 19.5 Å². The van der Waals surface area contributed by atoms with Crippen molar-refractivity contribution in [1.29, 1.82) is 0 Å². The number of rotatable bonds is 3. The lowest BCUT2D eigenvalue weighted by atomic mass is 9.83. The molecule has 1 aromatic heterocycles. The van der Waals surface area contributed by atoms with Crippen molar-refractivity contribution in [3.63, 3.8) is 0 Å². The van der Waals surface area contributed by atoms with Crippen molar-refractivity contribution < 1.29 is 23.8 Å². The van der Waals surface area contributed by atoms with E-state index in [2.05, 4.69) is 10.2 Å². The monoisotopic (exact) mass is 352 g/mol. The molecular weight excluding hydrogens is 328 g/mol. The van der Waals surface area contributed by atoms with Gasteiger partial charge < -0.3 is 19.2 Å². The standard InChI is InChI=1S/C16H24N4O5/c1-10(21)11(12-18-17-9-24-12)19-8-16(13(19)22)6-5-7-20(16)14(23)25-15(2,3)4/h9-11,21H,5-8H2,1-4H3/t10-,11+,16?/m0/s1. The van der Waals surface area contributed by atoms with Crippen molar-refractivity contribution in [3.05, 3.63) is 12.3 Å². The highest BCUT2D eigenvalue weighted by Gasteiger charge is 2.62. The van der Waals surface area contributed by atoms with Gasteiger partial charge in [0, 0.05) is 6.54 Å². The molecule has 0 aromatic carbocycles. The van der Waals surface area contributed by atoms with Gasteiger partial charge in [-0.2, -0.15) is 0 Å². The number of likely N-dealkylation sites (tertiary alicyclic amines) is 2. The van der Waals surface area contributed by atoms with Crippen LogP contribution in [0.4, 0.5) is 4.79 Å². The SMILES string of the molecule is C[C@H](O)[C@H](c1nnco1)N1CC2(CCCN2C(=O)OC(C)(C)C)C1=O. The van der Waals surface area contributed by atoms with Gasteiger partial charge in [0.1, 0.15) is 17.2 Å². The van der Waals surface area contributed by atoms with Gasteiger partial charge in [-0.25, -0.2) is 4.79 Å². The highest BCUT2D eigenvalue weighted by Crippen LogP contribution is 2.44. The molecule has 138 valence electrons. The zero-order valence-corrected chi connectivity index (χ0v) is 14.9.